The summed E-state index contributed by atoms with van der Waals surface area (Å²) in [5, 5.41) is 5.08. The average molecular weight is 280 g/mol. The zero-order chi connectivity index (χ0) is 14.4. The Morgan fingerprint density at radius 1 is 0.778 bits per heavy atom. The first kappa shape index (κ1) is 17.5. The van der Waals surface area contributed by atoms with E-state index in [0.717, 1.165) is 0 Å². The molecule has 0 bridgehead atoms. The van der Waals surface area contributed by atoms with E-state index >= 15 is 0 Å². The Hall–Kier alpha value is -0.500. The van der Waals surface area contributed by atoms with Crippen molar-refractivity contribution in [3.63, 3.8) is 0 Å². The third-order valence-corrected chi connectivity index (χ3v) is 2.17. The second-order valence-corrected chi connectivity index (χ2v) is 4.44. The van der Waals surface area contributed by atoms with Crippen LogP contribution in [0.4, 0.5) is 26.3 Å². The van der Waals surface area contributed by atoms with Crippen LogP contribution in [0.3, 0.4) is 0 Å². The summed E-state index contributed by atoms with van der Waals surface area (Å²) in [6.45, 7) is 3.82. The molecule has 0 heterocycles. The Morgan fingerprint density at radius 2 is 1.17 bits per heavy atom. The molecule has 0 unspecified atom stereocenters. The minimum Gasteiger partial charge on any atom is -0.315 e. The molecule has 0 spiro atoms. The highest BCUT2D eigenvalue weighted by atomic mass is 19.4. The van der Waals surface area contributed by atoms with Crippen molar-refractivity contribution in [3.8, 4) is 0 Å². The zero-order valence-electron chi connectivity index (χ0n) is 10.3. The quantitative estimate of drug-likeness (QED) is 0.553. The molecule has 0 saturated heterocycles. The van der Waals surface area contributed by atoms with Crippen molar-refractivity contribution < 1.29 is 26.3 Å². The van der Waals surface area contributed by atoms with Gasteiger partial charge in [0.1, 0.15) is 0 Å². The van der Waals surface area contributed by atoms with Crippen LogP contribution < -0.4 is 10.6 Å². The largest absolute Gasteiger partial charge is 0.401 e. The molecular weight excluding hydrogens is 262 g/mol. The number of hydrogen-bond donors (Lipinski definition) is 2. The topological polar surface area (TPSA) is 24.1 Å². The van der Waals surface area contributed by atoms with E-state index in [1.807, 2.05) is 13.8 Å². The Labute approximate surface area is 102 Å². The van der Waals surface area contributed by atoms with Crippen molar-refractivity contribution >= 4 is 0 Å². The Bertz CT molecular complexity index is 209. The lowest BCUT2D eigenvalue weighted by Crippen LogP contribution is -2.44. The first-order valence-corrected chi connectivity index (χ1v) is 5.60. The number of alkyl halides is 6. The van der Waals surface area contributed by atoms with Gasteiger partial charge in [-0.05, 0) is 12.5 Å². The van der Waals surface area contributed by atoms with Crippen LogP contribution in [0, 0.1) is 11.8 Å². The molecule has 8 heteroatoms. The zero-order valence-corrected chi connectivity index (χ0v) is 10.3. The van der Waals surface area contributed by atoms with Crippen LogP contribution in [0.15, 0.2) is 0 Å². The molecule has 0 aliphatic heterocycles. The molecule has 110 valence electrons. The summed E-state index contributed by atoms with van der Waals surface area (Å²) in [5.41, 5.74) is 0. The first-order valence-electron chi connectivity index (χ1n) is 5.60. The molecule has 0 saturated carbocycles. The molecule has 0 aromatic heterocycles. The highest BCUT2D eigenvalue weighted by molar-refractivity contribution is 4.77. The monoisotopic (exact) mass is 280 g/mol. The second kappa shape index (κ2) is 7.18. The number of halogens is 6. The predicted octanol–water partition coefficient (Wildman–Crippen LogP) is 2.56. The fraction of sp³-hybridized carbons (Fsp3) is 1.00. The van der Waals surface area contributed by atoms with Gasteiger partial charge in [-0.2, -0.15) is 26.3 Å². The summed E-state index contributed by atoms with van der Waals surface area (Å²) in [6, 6.07) is 0. The van der Waals surface area contributed by atoms with Crippen molar-refractivity contribution in [2.45, 2.75) is 26.2 Å². The van der Waals surface area contributed by atoms with Gasteiger partial charge in [-0.1, -0.05) is 13.8 Å². The predicted molar refractivity (Wildman–Crippen MR) is 56.2 cm³/mol. The van der Waals surface area contributed by atoms with E-state index in [1.165, 1.54) is 0 Å². The van der Waals surface area contributed by atoms with E-state index in [4.69, 9.17) is 0 Å². The molecule has 0 rings (SSSR count). The number of hydrogen-bond acceptors (Lipinski definition) is 2. The minimum absolute atomic E-state index is 0.0649. The average Bonchev–Trinajstić information content (AvgIpc) is 2.11. The van der Waals surface area contributed by atoms with Gasteiger partial charge in [0.2, 0.25) is 0 Å². The Kier molecular flexibility index (Phi) is 6.98. The maximum Gasteiger partial charge on any atom is 0.401 e. The van der Waals surface area contributed by atoms with Crippen LogP contribution in [0.2, 0.25) is 0 Å². The molecule has 0 aromatic carbocycles. The van der Waals surface area contributed by atoms with Gasteiger partial charge in [-0.15, -0.1) is 0 Å². The molecule has 0 atom stereocenters. The maximum atomic E-state index is 12.1. The Balaban J connectivity index is 3.93. The smallest absolute Gasteiger partial charge is 0.315 e. The maximum absolute atomic E-state index is 12.1. The van der Waals surface area contributed by atoms with Gasteiger partial charge in [0.15, 0.2) is 5.92 Å². The van der Waals surface area contributed by atoms with Crippen LogP contribution in [-0.2, 0) is 0 Å². The van der Waals surface area contributed by atoms with Crippen molar-refractivity contribution in [1.29, 1.82) is 0 Å². The molecule has 0 aromatic rings. The van der Waals surface area contributed by atoms with Crippen molar-refractivity contribution in [2.75, 3.05) is 26.2 Å². The van der Waals surface area contributed by atoms with Crippen LogP contribution in [-0.4, -0.2) is 38.5 Å². The SMILES string of the molecule is CC(C)CNCCNCC(C(F)(F)F)C(F)(F)F. The van der Waals surface area contributed by atoms with E-state index in [9.17, 15) is 26.3 Å². The summed E-state index contributed by atoms with van der Waals surface area (Å²) in [4.78, 5) is 0. The summed E-state index contributed by atoms with van der Waals surface area (Å²) < 4.78 is 72.7. The highest BCUT2D eigenvalue weighted by Gasteiger charge is 2.56. The van der Waals surface area contributed by atoms with Crippen LogP contribution in [0.5, 0.6) is 0 Å². The fourth-order valence-electron chi connectivity index (χ4n) is 1.23. The summed E-state index contributed by atoms with van der Waals surface area (Å²) in [6.07, 6.45) is -10.5. The molecule has 0 aliphatic carbocycles. The molecule has 18 heavy (non-hydrogen) atoms. The van der Waals surface area contributed by atoms with Gasteiger partial charge in [-0.3, -0.25) is 0 Å². The van der Waals surface area contributed by atoms with Crippen LogP contribution in [0.25, 0.3) is 0 Å². The van der Waals surface area contributed by atoms with Gasteiger partial charge in [-0.25, -0.2) is 0 Å². The third-order valence-electron chi connectivity index (χ3n) is 2.17. The van der Waals surface area contributed by atoms with Crippen LogP contribution in [0.1, 0.15) is 13.8 Å². The first-order chi connectivity index (χ1) is 8.05. The summed E-state index contributed by atoms with van der Waals surface area (Å²) in [5.74, 6) is -2.93. The summed E-state index contributed by atoms with van der Waals surface area (Å²) >= 11 is 0. The lowest BCUT2D eigenvalue weighted by atomic mass is 10.1. The molecule has 0 radical (unpaired) electrons. The van der Waals surface area contributed by atoms with E-state index in [2.05, 4.69) is 10.6 Å². The molecule has 0 fully saturated rings. The van der Waals surface area contributed by atoms with Gasteiger partial charge >= 0.3 is 12.4 Å². The van der Waals surface area contributed by atoms with E-state index < -0.39 is 24.8 Å². The number of rotatable bonds is 7. The lowest BCUT2D eigenvalue weighted by Gasteiger charge is -2.23. The fourth-order valence-corrected chi connectivity index (χ4v) is 1.23. The van der Waals surface area contributed by atoms with Gasteiger partial charge in [0, 0.05) is 19.6 Å². The molecule has 2 N–H and O–H groups in total. The second-order valence-electron chi connectivity index (χ2n) is 4.44. The normalized spacial score (nSPS) is 13.7. The molecule has 0 amide bonds. The minimum atomic E-state index is -5.27. The molecule has 2 nitrogen and oxygen atoms in total. The molecular formula is C10H18F6N2. The standard InChI is InChI=1S/C10H18F6N2/c1-7(2)5-17-3-4-18-6-8(9(11,12)13)10(14,15)16/h7-8,17-18H,3-6H2,1-2H3. The Morgan fingerprint density at radius 3 is 1.50 bits per heavy atom. The highest BCUT2D eigenvalue weighted by Crippen LogP contribution is 2.38. The van der Waals surface area contributed by atoms with Gasteiger partial charge in [0.05, 0.1) is 0 Å². The molecule has 0 aliphatic rings. The van der Waals surface area contributed by atoms with E-state index in [1.54, 1.807) is 0 Å². The van der Waals surface area contributed by atoms with E-state index in [0.29, 0.717) is 19.0 Å². The van der Waals surface area contributed by atoms with Gasteiger partial charge < -0.3 is 10.6 Å². The third kappa shape index (κ3) is 7.75. The number of nitrogens with one attached hydrogen (secondary N) is 2. The lowest BCUT2D eigenvalue weighted by molar-refractivity contribution is -0.281. The van der Waals surface area contributed by atoms with Crippen LogP contribution >= 0.6 is 0 Å². The van der Waals surface area contributed by atoms with Gasteiger partial charge in [0.25, 0.3) is 0 Å². The van der Waals surface area contributed by atoms with E-state index in [-0.39, 0.29) is 6.54 Å². The van der Waals surface area contributed by atoms with Crippen molar-refractivity contribution in [2.24, 2.45) is 11.8 Å². The summed E-state index contributed by atoms with van der Waals surface area (Å²) in [7, 11) is 0. The van der Waals surface area contributed by atoms with Crippen molar-refractivity contribution in [1.82, 2.24) is 10.6 Å². The van der Waals surface area contributed by atoms with Crippen molar-refractivity contribution in [3.05, 3.63) is 0 Å².